The Morgan fingerprint density at radius 1 is 1.36 bits per heavy atom. The van der Waals surface area contributed by atoms with Crippen LogP contribution in [0.25, 0.3) is 5.52 Å². The first kappa shape index (κ1) is 28.4. The van der Waals surface area contributed by atoms with E-state index in [-0.39, 0.29) is 23.9 Å². The largest absolute Gasteiger partial charge is 0.465 e. The number of benzene rings is 1. The zero-order valence-electron chi connectivity index (χ0n) is 21.4. The normalized spacial score (nSPS) is 27.0. The number of aliphatic hydroxyl groups is 2. The Labute approximate surface area is 223 Å². The Balaban J connectivity index is 1.62. The standard InChI is InChI=1S/C24H29N6O8P/c1-4-35-22(32)15(2)29-39(34,38-16-8-6-5-7-9-16)36-12-18-20(31)23(3,33)24(13-25,37-18)19-11-10-17-21(26)27-14-28-30(17)19/h5-11,14-15,18,20,31,33H,4,12H2,1-3H3,(H,29,34)(H2,26,27,28)/t15-,18+,20+,23+,24-,39?/m0/s1. The molecule has 6 atom stereocenters. The zero-order valence-corrected chi connectivity index (χ0v) is 22.3. The summed E-state index contributed by atoms with van der Waals surface area (Å²) in [5.41, 5.74) is 2.02. The van der Waals surface area contributed by atoms with Gasteiger partial charge in [-0.25, -0.2) is 14.1 Å². The Kier molecular flexibility index (Phi) is 7.94. The number of aromatic nitrogens is 3. The maximum absolute atomic E-state index is 13.7. The van der Waals surface area contributed by atoms with Crippen LogP contribution in [0.4, 0.5) is 5.82 Å². The highest BCUT2D eigenvalue weighted by molar-refractivity contribution is 7.52. The number of nitrogens with one attached hydrogen (secondary N) is 1. The molecule has 1 aromatic carbocycles. The third-order valence-corrected chi connectivity index (χ3v) is 7.98. The van der Waals surface area contributed by atoms with Gasteiger partial charge in [0.1, 0.15) is 47.5 Å². The molecule has 0 amide bonds. The minimum atomic E-state index is -4.30. The predicted octanol–water partition coefficient (Wildman–Crippen LogP) is 1.29. The van der Waals surface area contributed by atoms with Crippen molar-refractivity contribution in [3.05, 3.63) is 54.5 Å². The van der Waals surface area contributed by atoms with Crippen molar-refractivity contribution in [3.8, 4) is 11.8 Å². The van der Waals surface area contributed by atoms with Gasteiger partial charge in [-0.05, 0) is 45.0 Å². The highest BCUT2D eigenvalue weighted by Gasteiger charge is 2.65. The van der Waals surface area contributed by atoms with E-state index in [1.165, 1.54) is 42.9 Å². The van der Waals surface area contributed by atoms with Crippen LogP contribution in [0, 0.1) is 11.3 Å². The summed E-state index contributed by atoms with van der Waals surface area (Å²) in [5.74, 6) is -0.390. The molecule has 15 heteroatoms. The molecule has 208 valence electrons. The molecule has 0 bridgehead atoms. The highest BCUT2D eigenvalue weighted by Crippen LogP contribution is 2.50. The average molecular weight is 561 g/mol. The Hall–Kier alpha value is -3.57. The third kappa shape index (κ3) is 5.20. The predicted molar refractivity (Wildman–Crippen MR) is 136 cm³/mol. The summed E-state index contributed by atoms with van der Waals surface area (Å²) < 4.78 is 37.1. The second kappa shape index (κ2) is 10.9. The van der Waals surface area contributed by atoms with Crippen LogP contribution in [0.1, 0.15) is 26.5 Å². The van der Waals surface area contributed by atoms with Crippen molar-refractivity contribution in [2.24, 2.45) is 0 Å². The summed E-state index contributed by atoms with van der Waals surface area (Å²) in [6, 6.07) is 12.0. The van der Waals surface area contributed by atoms with Crippen LogP contribution in [0.15, 0.2) is 48.8 Å². The van der Waals surface area contributed by atoms with Gasteiger partial charge in [0.15, 0.2) is 5.82 Å². The smallest absolute Gasteiger partial charge is 0.459 e. The van der Waals surface area contributed by atoms with Gasteiger partial charge in [0.25, 0.3) is 0 Å². The molecule has 5 N–H and O–H groups in total. The van der Waals surface area contributed by atoms with E-state index in [1.54, 1.807) is 31.2 Å². The van der Waals surface area contributed by atoms with Gasteiger partial charge < -0.3 is 29.9 Å². The number of para-hydroxylation sites is 1. The molecule has 0 spiro atoms. The molecule has 1 fully saturated rings. The molecule has 0 radical (unpaired) electrons. The first-order chi connectivity index (χ1) is 18.5. The number of hydrogen-bond donors (Lipinski definition) is 4. The van der Waals surface area contributed by atoms with Crippen molar-refractivity contribution < 1.29 is 38.1 Å². The molecular weight excluding hydrogens is 531 g/mol. The van der Waals surface area contributed by atoms with Gasteiger partial charge in [0.2, 0.25) is 5.60 Å². The van der Waals surface area contributed by atoms with E-state index in [1.807, 2.05) is 6.07 Å². The molecular formula is C24H29N6O8P. The topological polar surface area (TPSA) is 204 Å². The van der Waals surface area contributed by atoms with Crippen LogP contribution in [-0.2, 0) is 29.0 Å². The number of nitrogens with two attached hydrogens (primary N) is 1. The van der Waals surface area contributed by atoms with Crippen LogP contribution in [0.3, 0.4) is 0 Å². The number of nitrogen functional groups attached to an aromatic ring is 1. The molecule has 1 aliphatic heterocycles. The van der Waals surface area contributed by atoms with Gasteiger partial charge in [-0.15, -0.1) is 0 Å². The number of anilines is 1. The number of hydrogen-bond acceptors (Lipinski definition) is 12. The van der Waals surface area contributed by atoms with Crippen molar-refractivity contribution >= 4 is 25.1 Å². The van der Waals surface area contributed by atoms with Gasteiger partial charge >= 0.3 is 13.7 Å². The minimum absolute atomic E-state index is 0.0819. The van der Waals surface area contributed by atoms with Crippen LogP contribution in [-0.4, -0.2) is 67.8 Å². The van der Waals surface area contributed by atoms with Crippen molar-refractivity contribution in [1.82, 2.24) is 19.7 Å². The summed E-state index contributed by atoms with van der Waals surface area (Å²) in [6.07, 6.45) is -1.88. The lowest BCUT2D eigenvalue weighted by atomic mass is 9.80. The van der Waals surface area contributed by atoms with Gasteiger partial charge in [-0.2, -0.15) is 15.4 Å². The first-order valence-electron chi connectivity index (χ1n) is 12.0. The van der Waals surface area contributed by atoms with Gasteiger partial charge in [-0.3, -0.25) is 9.32 Å². The highest BCUT2D eigenvalue weighted by atomic mass is 31.2. The average Bonchev–Trinajstić information content (AvgIpc) is 3.42. The van der Waals surface area contributed by atoms with E-state index in [9.17, 15) is 24.8 Å². The number of rotatable bonds is 10. The lowest BCUT2D eigenvalue weighted by Gasteiger charge is -2.33. The van der Waals surface area contributed by atoms with Crippen LogP contribution in [0.2, 0.25) is 0 Å². The SMILES string of the molecule is CCOC(=O)[C@H](C)NP(=O)(OC[C@H]1O[C@@](C#N)(c2ccc3c(N)ncnn23)[C@](C)(O)[C@@H]1O)Oc1ccccc1. The second-order valence-electron chi connectivity index (χ2n) is 9.00. The minimum Gasteiger partial charge on any atom is -0.465 e. The molecule has 2 aromatic heterocycles. The van der Waals surface area contributed by atoms with E-state index < -0.39 is 49.8 Å². The first-order valence-corrected chi connectivity index (χ1v) is 13.5. The fourth-order valence-corrected chi connectivity index (χ4v) is 5.78. The molecule has 3 aromatic rings. The lowest BCUT2D eigenvalue weighted by molar-refractivity contribution is -0.144. The molecule has 39 heavy (non-hydrogen) atoms. The summed E-state index contributed by atoms with van der Waals surface area (Å²) in [4.78, 5) is 16.1. The van der Waals surface area contributed by atoms with Crippen LogP contribution >= 0.6 is 7.75 Å². The molecule has 14 nitrogen and oxygen atoms in total. The number of carbonyl (C=O) groups is 1. The molecule has 3 heterocycles. The summed E-state index contributed by atoms with van der Waals surface area (Å²) in [5, 5.41) is 39.2. The number of ether oxygens (including phenoxy) is 2. The zero-order chi connectivity index (χ0) is 28.4. The monoisotopic (exact) mass is 560 g/mol. The van der Waals surface area contributed by atoms with Gasteiger partial charge in [-0.1, -0.05) is 18.2 Å². The van der Waals surface area contributed by atoms with Crippen LogP contribution < -0.4 is 15.3 Å². The number of nitrogens with zero attached hydrogens (tertiary/aromatic N) is 4. The maximum atomic E-state index is 13.7. The van der Waals surface area contributed by atoms with Crippen molar-refractivity contribution in [2.75, 3.05) is 18.9 Å². The van der Waals surface area contributed by atoms with E-state index in [2.05, 4.69) is 15.2 Å². The molecule has 0 saturated carbocycles. The summed E-state index contributed by atoms with van der Waals surface area (Å²) >= 11 is 0. The maximum Gasteiger partial charge on any atom is 0.459 e. The van der Waals surface area contributed by atoms with Crippen LogP contribution in [0.5, 0.6) is 5.75 Å². The fraction of sp³-hybridized carbons (Fsp3) is 0.417. The Bertz CT molecular complexity index is 1430. The van der Waals surface area contributed by atoms with Crippen molar-refractivity contribution in [1.29, 1.82) is 5.26 Å². The van der Waals surface area contributed by atoms with E-state index >= 15 is 0 Å². The summed E-state index contributed by atoms with van der Waals surface area (Å²) in [6.45, 7) is 3.77. The van der Waals surface area contributed by atoms with Crippen molar-refractivity contribution in [3.63, 3.8) is 0 Å². The Morgan fingerprint density at radius 3 is 2.74 bits per heavy atom. The molecule has 0 aliphatic carbocycles. The van der Waals surface area contributed by atoms with E-state index in [0.29, 0.717) is 5.52 Å². The number of esters is 1. The Morgan fingerprint density at radius 2 is 2.08 bits per heavy atom. The molecule has 1 aliphatic rings. The number of carbonyl (C=O) groups excluding carboxylic acids is 1. The molecule has 1 saturated heterocycles. The van der Waals surface area contributed by atoms with Crippen molar-refractivity contribution in [2.45, 2.75) is 50.2 Å². The van der Waals surface area contributed by atoms with Gasteiger partial charge in [0.05, 0.1) is 18.9 Å². The quantitative estimate of drug-likeness (QED) is 0.204. The number of fused-ring (bicyclic) bond motifs is 1. The second-order valence-corrected chi connectivity index (χ2v) is 10.7. The molecule has 4 rings (SSSR count). The summed E-state index contributed by atoms with van der Waals surface area (Å²) in [7, 11) is -4.30. The third-order valence-electron chi connectivity index (χ3n) is 6.34. The molecule has 1 unspecified atom stereocenters. The van der Waals surface area contributed by atoms with E-state index in [4.69, 9.17) is 24.3 Å². The van der Waals surface area contributed by atoms with Gasteiger partial charge in [0, 0.05) is 0 Å². The fourth-order valence-electron chi connectivity index (χ4n) is 4.28. The number of aliphatic hydroxyl groups excluding tert-OH is 1. The van der Waals surface area contributed by atoms with E-state index in [0.717, 1.165) is 0 Å². The number of nitriles is 1. The lowest BCUT2D eigenvalue weighted by Crippen LogP contribution is -2.52.